The van der Waals surface area contributed by atoms with Gasteiger partial charge in [-0.25, -0.2) is 0 Å². The van der Waals surface area contributed by atoms with Crippen LogP contribution in [0.15, 0.2) is 40.9 Å². The highest BCUT2D eigenvalue weighted by atomic mass is 79.9. The van der Waals surface area contributed by atoms with Gasteiger partial charge in [0.05, 0.1) is 13.5 Å². The minimum Gasteiger partial charge on any atom is -0.486 e. The molecule has 0 saturated heterocycles. The molecule has 0 heterocycles. The predicted molar refractivity (Wildman–Crippen MR) is 122 cm³/mol. The Bertz CT molecular complexity index is 938. The molecule has 2 rings (SSSR count). The number of hydrogen-bond acceptors (Lipinski definition) is 4. The first-order valence-corrected chi connectivity index (χ1v) is 11.2. The monoisotopic (exact) mass is 529 g/mol. The molecule has 0 spiro atoms. The summed E-state index contributed by atoms with van der Waals surface area (Å²) in [6.45, 7) is 3.96. The molecule has 0 bridgehead atoms. The molecule has 1 unspecified atom stereocenters. The van der Waals surface area contributed by atoms with Gasteiger partial charge in [0.1, 0.15) is 11.9 Å². The molecule has 0 saturated carbocycles. The predicted octanol–water partition coefficient (Wildman–Crippen LogP) is 6.21. The lowest BCUT2D eigenvalue weighted by molar-refractivity contribution is -0.140. The molecule has 2 aromatic carbocycles. The lowest BCUT2D eigenvalue weighted by atomic mass is 10.0. The van der Waals surface area contributed by atoms with E-state index in [2.05, 4.69) is 26.0 Å². The molecule has 0 aromatic heterocycles. The molecule has 2 aromatic rings. The number of amides is 1. The van der Waals surface area contributed by atoms with E-state index in [1.165, 1.54) is 7.11 Å². The van der Waals surface area contributed by atoms with Crippen LogP contribution in [-0.2, 0) is 9.53 Å². The van der Waals surface area contributed by atoms with Gasteiger partial charge in [-0.3, -0.25) is 9.59 Å². The first-order valence-electron chi connectivity index (χ1n) is 10.5. The van der Waals surface area contributed by atoms with Crippen LogP contribution in [0.5, 0.6) is 5.75 Å². The van der Waals surface area contributed by atoms with Crippen LogP contribution in [-0.4, -0.2) is 31.7 Å². The Kier molecular flexibility index (Phi) is 9.76. The van der Waals surface area contributed by atoms with Crippen molar-refractivity contribution in [3.63, 3.8) is 0 Å². The summed E-state index contributed by atoms with van der Waals surface area (Å²) in [6.07, 6.45) is -5.60. The van der Waals surface area contributed by atoms with Gasteiger partial charge in [0.25, 0.3) is 5.91 Å². The van der Waals surface area contributed by atoms with E-state index in [4.69, 9.17) is 4.74 Å². The fraction of sp³-hybridized carbons (Fsp3) is 0.417. The maximum absolute atomic E-state index is 12.7. The summed E-state index contributed by atoms with van der Waals surface area (Å²) >= 11 is 3.50. The van der Waals surface area contributed by atoms with Crippen molar-refractivity contribution in [1.29, 1.82) is 0 Å². The number of hydrogen-bond donors (Lipinski definition) is 1. The molecular weight excluding hydrogens is 503 g/mol. The molecule has 0 radical (unpaired) electrons. The first-order chi connectivity index (χ1) is 15.5. The van der Waals surface area contributed by atoms with E-state index in [1.54, 1.807) is 24.3 Å². The van der Waals surface area contributed by atoms with E-state index in [-0.39, 0.29) is 31.7 Å². The lowest BCUT2D eigenvalue weighted by Crippen LogP contribution is -2.26. The van der Waals surface area contributed by atoms with Crippen molar-refractivity contribution in [2.24, 2.45) is 0 Å². The van der Waals surface area contributed by atoms with E-state index in [9.17, 15) is 22.8 Å². The second kappa shape index (κ2) is 12.1. The van der Waals surface area contributed by atoms with Crippen molar-refractivity contribution >= 4 is 27.8 Å². The zero-order chi connectivity index (χ0) is 24.6. The largest absolute Gasteiger partial charge is 0.486 e. The zero-order valence-electron chi connectivity index (χ0n) is 18.7. The van der Waals surface area contributed by atoms with E-state index in [0.717, 1.165) is 15.6 Å². The number of benzene rings is 2. The highest BCUT2D eigenvalue weighted by Crippen LogP contribution is 2.33. The summed E-state index contributed by atoms with van der Waals surface area (Å²) in [5, 5.41) is 2.62. The number of carbonyl (C=O) groups excluding carboxylic acids is 2. The SMILES string of the molecule is COC(=O)CCNC(=O)c1ccc(C(CCCC(F)(F)F)Oc2cc(C)c(Br)c(C)c2)cc1. The molecule has 1 N–H and O–H groups in total. The maximum atomic E-state index is 12.7. The second-order valence-electron chi connectivity index (χ2n) is 7.69. The van der Waals surface area contributed by atoms with Gasteiger partial charge in [0.15, 0.2) is 0 Å². The number of carbonyl (C=O) groups is 2. The van der Waals surface area contributed by atoms with Crippen molar-refractivity contribution in [2.45, 2.75) is 51.8 Å². The fourth-order valence-corrected chi connectivity index (χ4v) is 3.48. The normalized spacial score (nSPS) is 12.2. The Morgan fingerprint density at radius 2 is 1.70 bits per heavy atom. The number of aryl methyl sites for hydroxylation is 2. The second-order valence-corrected chi connectivity index (χ2v) is 8.48. The van der Waals surface area contributed by atoms with Crippen LogP contribution >= 0.6 is 15.9 Å². The summed E-state index contributed by atoms with van der Waals surface area (Å²) < 4.78 is 49.6. The van der Waals surface area contributed by atoms with Gasteiger partial charge in [0.2, 0.25) is 0 Å². The summed E-state index contributed by atoms with van der Waals surface area (Å²) in [4.78, 5) is 23.4. The van der Waals surface area contributed by atoms with Crippen LogP contribution in [0.2, 0.25) is 0 Å². The standard InChI is InChI=1S/C24H27BrF3NO4/c1-15-13-19(14-16(2)22(15)25)33-20(5-4-11-24(26,27)28)17-6-8-18(9-7-17)23(31)29-12-10-21(30)32-3/h6-9,13-14,20H,4-5,10-12H2,1-3H3,(H,29,31). The van der Waals surface area contributed by atoms with Crippen LogP contribution in [0.4, 0.5) is 13.2 Å². The van der Waals surface area contributed by atoms with E-state index >= 15 is 0 Å². The molecule has 1 amide bonds. The van der Waals surface area contributed by atoms with Crippen LogP contribution in [0, 0.1) is 13.8 Å². The van der Waals surface area contributed by atoms with Crippen molar-refractivity contribution < 1.29 is 32.2 Å². The molecule has 0 aliphatic rings. The van der Waals surface area contributed by atoms with Crippen molar-refractivity contribution in [3.8, 4) is 5.75 Å². The Labute approximate surface area is 199 Å². The van der Waals surface area contributed by atoms with Gasteiger partial charge in [-0.05, 0) is 67.6 Å². The quantitative estimate of drug-likeness (QED) is 0.371. The number of ether oxygens (including phenoxy) is 2. The number of alkyl halides is 3. The van der Waals surface area contributed by atoms with Gasteiger partial charge < -0.3 is 14.8 Å². The van der Waals surface area contributed by atoms with Gasteiger partial charge in [-0.15, -0.1) is 0 Å². The van der Waals surface area contributed by atoms with E-state index in [0.29, 0.717) is 16.9 Å². The highest BCUT2D eigenvalue weighted by molar-refractivity contribution is 9.10. The Balaban J connectivity index is 2.15. The van der Waals surface area contributed by atoms with Crippen molar-refractivity contribution in [1.82, 2.24) is 5.32 Å². The summed E-state index contributed by atoms with van der Waals surface area (Å²) in [6, 6.07) is 10.2. The number of methoxy groups -OCH3 is 1. The number of rotatable bonds is 10. The van der Waals surface area contributed by atoms with Gasteiger partial charge >= 0.3 is 12.1 Å². The van der Waals surface area contributed by atoms with E-state index < -0.39 is 24.7 Å². The maximum Gasteiger partial charge on any atom is 0.389 e. The minimum atomic E-state index is -4.23. The number of halogens is 4. The third-order valence-corrected chi connectivity index (χ3v) is 6.25. The van der Waals surface area contributed by atoms with Gasteiger partial charge in [0, 0.05) is 23.0 Å². The van der Waals surface area contributed by atoms with Crippen LogP contribution < -0.4 is 10.1 Å². The topological polar surface area (TPSA) is 64.6 Å². The fourth-order valence-electron chi connectivity index (χ4n) is 3.25. The zero-order valence-corrected chi connectivity index (χ0v) is 20.3. The molecule has 0 fully saturated rings. The van der Waals surface area contributed by atoms with Gasteiger partial charge in [-0.1, -0.05) is 28.1 Å². The Morgan fingerprint density at radius 1 is 1.09 bits per heavy atom. The Morgan fingerprint density at radius 3 is 2.24 bits per heavy atom. The molecule has 33 heavy (non-hydrogen) atoms. The first kappa shape index (κ1) is 26.7. The van der Waals surface area contributed by atoms with Crippen LogP contribution in [0.25, 0.3) is 0 Å². The van der Waals surface area contributed by atoms with E-state index in [1.807, 2.05) is 26.0 Å². The van der Waals surface area contributed by atoms with Crippen molar-refractivity contribution in [3.05, 3.63) is 63.1 Å². The summed E-state index contributed by atoms with van der Waals surface area (Å²) in [5.74, 6) is -0.225. The molecule has 180 valence electrons. The molecule has 0 aliphatic heterocycles. The number of nitrogens with one attached hydrogen (secondary N) is 1. The van der Waals surface area contributed by atoms with Crippen LogP contribution in [0.3, 0.4) is 0 Å². The lowest BCUT2D eigenvalue weighted by Gasteiger charge is -2.21. The van der Waals surface area contributed by atoms with Gasteiger partial charge in [-0.2, -0.15) is 13.2 Å². The molecule has 0 aliphatic carbocycles. The molecular formula is C24H27BrF3NO4. The third-order valence-electron chi connectivity index (χ3n) is 5.00. The molecule has 1 atom stereocenters. The summed E-state index contributed by atoms with van der Waals surface area (Å²) in [7, 11) is 1.27. The average Bonchev–Trinajstić information content (AvgIpc) is 2.75. The minimum absolute atomic E-state index is 0.0570. The van der Waals surface area contributed by atoms with Crippen LogP contribution in [0.1, 0.15) is 58.8 Å². The highest BCUT2D eigenvalue weighted by Gasteiger charge is 2.27. The third kappa shape index (κ3) is 8.72. The molecule has 9 heteroatoms. The molecule has 5 nitrogen and oxygen atoms in total. The Hall–Kier alpha value is -2.55. The summed E-state index contributed by atoms with van der Waals surface area (Å²) in [5.41, 5.74) is 2.95. The smallest absolute Gasteiger partial charge is 0.389 e. The van der Waals surface area contributed by atoms with Crippen molar-refractivity contribution in [2.75, 3.05) is 13.7 Å². The average molecular weight is 530 g/mol. The number of esters is 1.